The number of imidazole rings is 1. The molecule has 0 aliphatic rings. The van der Waals surface area contributed by atoms with Crippen LogP contribution in [-0.2, 0) is 18.5 Å². The standard InChI is InChI=1S/C23H29N5.HI/c1-23(2,21-10-5-4-6-11-21)17-27-22(24-3)26-15-19-8-7-9-20(14-19)16-28-13-12-25-18-28;/h4-14,18H,15-17H2,1-3H3,(H2,24,26,27);1H. The molecule has 3 rings (SSSR count). The van der Waals surface area contributed by atoms with Gasteiger partial charge in [0.05, 0.1) is 6.33 Å². The maximum Gasteiger partial charge on any atom is 0.191 e. The SMILES string of the molecule is CN=C(NCc1cccc(Cn2ccnc2)c1)NCC(C)(C)c1ccccc1.I. The molecule has 6 heteroatoms. The van der Waals surface area contributed by atoms with Crippen molar-refractivity contribution in [2.45, 2.75) is 32.4 Å². The largest absolute Gasteiger partial charge is 0.356 e. The lowest BCUT2D eigenvalue weighted by Crippen LogP contribution is -2.43. The van der Waals surface area contributed by atoms with Crippen molar-refractivity contribution < 1.29 is 0 Å². The monoisotopic (exact) mass is 503 g/mol. The van der Waals surface area contributed by atoms with Crippen LogP contribution in [0.25, 0.3) is 0 Å². The molecule has 0 fully saturated rings. The highest BCUT2D eigenvalue weighted by Crippen LogP contribution is 2.21. The van der Waals surface area contributed by atoms with Gasteiger partial charge in [-0.15, -0.1) is 24.0 Å². The highest BCUT2D eigenvalue weighted by molar-refractivity contribution is 14.0. The van der Waals surface area contributed by atoms with E-state index in [4.69, 9.17) is 0 Å². The molecule has 154 valence electrons. The maximum atomic E-state index is 4.37. The summed E-state index contributed by atoms with van der Waals surface area (Å²) in [5.74, 6) is 0.809. The first-order valence-corrected chi connectivity index (χ1v) is 9.60. The zero-order chi connectivity index (χ0) is 19.8. The highest BCUT2D eigenvalue weighted by Gasteiger charge is 2.20. The molecule has 0 saturated heterocycles. The Bertz CT molecular complexity index is 889. The van der Waals surface area contributed by atoms with Gasteiger partial charge in [0.25, 0.3) is 0 Å². The van der Waals surface area contributed by atoms with Gasteiger partial charge in [-0.05, 0) is 16.7 Å². The van der Waals surface area contributed by atoms with Gasteiger partial charge in [0, 0.05) is 44.5 Å². The summed E-state index contributed by atoms with van der Waals surface area (Å²) in [6, 6.07) is 19.1. The van der Waals surface area contributed by atoms with E-state index in [0.29, 0.717) is 0 Å². The summed E-state index contributed by atoms with van der Waals surface area (Å²) in [5, 5.41) is 6.87. The first-order chi connectivity index (χ1) is 13.6. The number of aromatic nitrogens is 2. The van der Waals surface area contributed by atoms with Crippen LogP contribution in [-0.4, -0.2) is 29.1 Å². The minimum absolute atomic E-state index is 0. The van der Waals surface area contributed by atoms with Gasteiger partial charge in [0.1, 0.15) is 0 Å². The fraction of sp³-hybridized carbons (Fsp3) is 0.304. The Labute approximate surface area is 190 Å². The van der Waals surface area contributed by atoms with Gasteiger partial charge in [-0.25, -0.2) is 4.98 Å². The summed E-state index contributed by atoms with van der Waals surface area (Å²) < 4.78 is 2.07. The van der Waals surface area contributed by atoms with Crippen LogP contribution < -0.4 is 10.6 Å². The summed E-state index contributed by atoms with van der Waals surface area (Å²) >= 11 is 0. The fourth-order valence-electron chi connectivity index (χ4n) is 3.13. The molecule has 0 aliphatic heterocycles. The minimum atomic E-state index is 0. The third kappa shape index (κ3) is 6.88. The molecule has 0 spiro atoms. The molecule has 5 nitrogen and oxygen atoms in total. The summed E-state index contributed by atoms with van der Waals surface area (Å²) in [4.78, 5) is 8.47. The van der Waals surface area contributed by atoms with Gasteiger partial charge in [-0.1, -0.05) is 68.4 Å². The summed E-state index contributed by atoms with van der Waals surface area (Å²) in [7, 11) is 1.81. The molecule has 1 aromatic heterocycles. The Balaban J connectivity index is 0.00000300. The molecule has 1 heterocycles. The number of nitrogens with zero attached hydrogens (tertiary/aromatic N) is 3. The van der Waals surface area contributed by atoms with Crippen LogP contribution >= 0.6 is 24.0 Å². The van der Waals surface area contributed by atoms with Crippen LogP contribution in [0, 0.1) is 0 Å². The maximum absolute atomic E-state index is 4.37. The van der Waals surface area contributed by atoms with Crippen molar-refractivity contribution in [3.8, 4) is 0 Å². The summed E-state index contributed by atoms with van der Waals surface area (Å²) in [6.45, 7) is 6.83. The lowest BCUT2D eigenvalue weighted by atomic mass is 9.85. The Morgan fingerprint density at radius 3 is 2.48 bits per heavy atom. The zero-order valence-corrected chi connectivity index (χ0v) is 19.6. The Morgan fingerprint density at radius 2 is 1.79 bits per heavy atom. The van der Waals surface area contributed by atoms with Crippen molar-refractivity contribution in [1.29, 1.82) is 0 Å². The van der Waals surface area contributed by atoms with E-state index in [1.165, 1.54) is 16.7 Å². The van der Waals surface area contributed by atoms with Gasteiger partial charge in [-0.2, -0.15) is 0 Å². The number of hydrogen-bond donors (Lipinski definition) is 2. The van der Waals surface area contributed by atoms with Crippen LogP contribution in [0.4, 0.5) is 0 Å². The van der Waals surface area contributed by atoms with E-state index >= 15 is 0 Å². The molecule has 0 unspecified atom stereocenters. The first-order valence-electron chi connectivity index (χ1n) is 9.60. The van der Waals surface area contributed by atoms with Gasteiger partial charge in [0.15, 0.2) is 5.96 Å². The fourth-order valence-corrected chi connectivity index (χ4v) is 3.13. The van der Waals surface area contributed by atoms with Crippen LogP contribution in [0.1, 0.15) is 30.5 Å². The number of benzene rings is 2. The second-order valence-corrected chi connectivity index (χ2v) is 7.58. The smallest absolute Gasteiger partial charge is 0.191 e. The second kappa shape index (κ2) is 11.0. The topological polar surface area (TPSA) is 54.2 Å². The molecular weight excluding hydrogens is 473 g/mol. The minimum Gasteiger partial charge on any atom is -0.356 e. The third-order valence-corrected chi connectivity index (χ3v) is 4.85. The van der Waals surface area contributed by atoms with E-state index in [1.807, 2.05) is 12.5 Å². The van der Waals surface area contributed by atoms with Crippen molar-refractivity contribution in [3.05, 3.63) is 90.0 Å². The lowest BCUT2D eigenvalue weighted by molar-refractivity contribution is 0.508. The van der Waals surface area contributed by atoms with Crippen molar-refractivity contribution in [1.82, 2.24) is 20.2 Å². The van der Waals surface area contributed by atoms with Gasteiger partial charge in [-0.3, -0.25) is 4.99 Å². The zero-order valence-electron chi connectivity index (χ0n) is 17.3. The van der Waals surface area contributed by atoms with Crippen LogP contribution in [0.3, 0.4) is 0 Å². The predicted molar refractivity (Wildman–Crippen MR) is 131 cm³/mol. The Hall–Kier alpha value is -2.35. The van der Waals surface area contributed by atoms with Gasteiger partial charge >= 0.3 is 0 Å². The molecule has 0 atom stereocenters. The van der Waals surface area contributed by atoms with E-state index in [0.717, 1.165) is 25.6 Å². The lowest BCUT2D eigenvalue weighted by Gasteiger charge is -2.26. The summed E-state index contributed by atoms with van der Waals surface area (Å²) in [5.41, 5.74) is 3.81. The van der Waals surface area contributed by atoms with Crippen LogP contribution in [0.5, 0.6) is 0 Å². The third-order valence-electron chi connectivity index (χ3n) is 4.85. The van der Waals surface area contributed by atoms with Crippen molar-refractivity contribution in [2.75, 3.05) is 13.6 Å². The molecule has 29 heavy (non-hydrogen) atoms. The Kier molecular flexibility index (Phi) is 8.70. The second-order valence-electron chi connectivity index (χ2n) is 7.58. The quantitative estimate of drug-likeness (QED) is 0.289. The summed E-state index contributed by atoms with van der Waals surface area (Å²) in [6.07, 6.45) is 5.62. The predicted octanol–water partition coefficient (Wildman–Crippen LogP) is 4.19. The number of rotatable bonds is 7. The van der Waals surface area contributed by atoms with Crippen LogP contribution in [0.2, 0.25) is 0 Å². The van der Waals surface area contributed by atoms with Crippen molar-refractivity contribution in [2.24, 2.45) is 4.99 Å². The molecule has 0 radical (unpaired) electrons. The Morgan fingerprint density at radius 1 is 1.03 bits per heavy atom. The van der Waals surface area contributed by atoms with Gasteiger partial charge in [0.2, 0.25) is 0 Å². The number of halogens is 1. The first kappa shape index (κ1) is 22.9. The molecule has 0 aliphatic carbocycles. The average Bonchev–Trinajstić information content (AvgIpc) is 3.22. The number of guanidine groups is 1. The molecule has 0 saturated carbocycles. The normalized spacial score (nSPS) is 11.6. The van der Waals surface area contributed by atoms with Crippen molar-refractivity contribution >= 4 is 29.9 Å². The van der Waals surface area contributed by atoms with Crippen LogP contribution in [0.15, 0.2) is 78.3 Å². The molecule has 3 aromatic rings. The van der Waals surface area contributed by atoms with Crippen molar-refractivity contribution in [3.63, 3.8) is 0 Å². The van der Waals surface area contributed by atoms with E-state index in [-0.39, 0.29) is 29.4 Å². The molecule has 2 aromatic carbocycles. The highest BCUT2D eigenvalue weighted by atomic mass is 127. The molecular formula is C23H30IN5. The van der Waals surface area contributed by atoms with E-state index in [9.17, 15) is 0 Å². The molecule has 0 bridgehead atoms. The number of hydrogen-bond acceptors (Lipinski definition) is 2. The average molecular weight is 503 g/mol. The van der Waals surface area contributed by atoms with Gasteiger partial charge < -0.3 is 15.2 Å². The van der Waals surface area contributed by atoms with E-state index in [1.54, 1.807) is 13.2 Å². The van der Waals surface area contributed by atoms with E-state index in [2.05, 4.69) is 93.6 Å². The van der Waals surface area contributed by atoms with E-state index < -0.39 is 0 Å². The number of nitrogens with one attached hydrogen (secondary N) is 2. The molecule has 0 amide bonds. The number of aliphatic imine (C=N–C) groups is 1. The molecule has 2 N–H and O–H groups in total.